The van der Waals surface area contributed by atoms with Gasteiger partial charge in [-0.2, -0.15) is 0 Å². The van der Waals surface area contributed by atoms with Gasteiger partial charge in [-0.1, -0.05) is 166 Å². The second kappa shape index (κ2) is 22.9. The van der Waals surface area contributed by atoms with E-state index < -0.39 is 11.9 Å². The Morgan fingerprint density at radius 3 is 1.42 bits per heavy atom. The van der Waals surface area contributed by atoms with E-state index in [9.17, 15) is 9.59 Å². The minimum Gasteiger partial charge on any atom is -0.481 e. The number of benzene rings is 4. The smallest absolute Gasteiger partial charge is 0.307 e. The zero-order valence-electron chi connectivity index (χ0n) is 37.2. The molecule has 4 unspecified atom stereocenters. The van der Waals surface area contributed by atoms with Crippen molar-refractivity contribution in [3.8, 4) is 0 Å². The van der Waals surface area contributed by atoms with Crippen LogP contribution in [0.3, 0.4) is 0 Å². The molecule has 0 saturated carbocycles. The highest BCUT2D eigenvalue weighted by Crippen LogP contribution is 2.53. The molecule has 4 atom stereocenters. The molecule has 2 aliphatic heterocycles. The lowest BCUT2D eigenvalue weighted by Gasteiger charge is -2.43. The Kier molecular flexibility index (Phi) is 18.1. The zero-order chi connectivity index (χ0) is 43.1. The molecule has 0 saturated heterocycles. The summed E-state index contributed by atoms with van der Waals surface area (Å²) in [6.45, 7) is 13.6. The topological polar surface area (TPSA) is 74.6 Å². The first-order valence-corrected chi connectivity index (χ1v) is 24.5. The summed E-state index contributed by atoms with van der Waals surface area (Å²) < 4.78 is 0. The molecule has 60 heavy (non-hydrogen) atoms. The van der Waals surface area contributed by atoms with Crippen molar-refractivity contribution in [3.05, 3.63) is 142 Å². The van der Waals surface area contributed by atoms with Crippen molar-refractivity contribution in [3.63, 3.8) is 0 Å². The van der Waals surface area contributed by atoms with Gasteiger partial charge in [0, 0.05) is 38.5 Å². The van der Waals surface area contributed by atoms with Gasteiger partial charge in [-0.05, 0) is 106 Å². The van der Waals surface area contributed by atoms with Crippen LogP contribution >= 0.6 is 23.5 Å². The van der Waals surface area contributed by atoms with Gasteiger partial charge in [0.15, 0.2) is 0 Å². The number of hydrogen-bond acceptors (Lipinski definition) is 4. The van der Waals surface area contributed by atoms with Crippen molar-refractivity contribution in [1.82, 2.24) is 0 Å². The number of unbranched alkanes of at least 4 members (excludes halogenated alkanes) is 8. The predicted molar refractivity (Wildman–Crippen MR) is 255 cm³/mol. The van der Waals surface area contributed by atoms with Gasteiger partial charge in [-0.25, -0.2) is 0 Å². The standard InChI is InChI=1S/C27H36O2S.C27H34O2S/c2*1-20-12-15-22(16-13-20)27(3)19-30-25-18-21(2)14-17-23(25)24(27)10-8-6-4-5-7-9-11-26(28)29/h12-18,24H,4-11,19H2,1-3H3,(H,28,29);7,9,12-18,24H,4-6,8,10-11,19H2,1-3H3,(H,28,29). The monoisotopic (exact) mass is 846 g/mol. The molecule has 6 heteroatoms. The number of carboxylic acid groups (broad SMARTS) is 2. The highest BCUT2D eigenvalue weighted by molar-refractivity contribution is 7.99. The molecule has 0 fully saturated rings. The average Bonchev–Trinajstić information content (AvgIpc) is 3.21. The highest BCUT2D eigenvalue weighted by Gasteiger charge is 2.42. The number of thioether (sulfide) groups is 2. The summed E-state index contributed by atoms with van der Waals surface area (Å²) in [5, 5.41) is 17.5. The first-order chi connectivity index (χ1) is 28.8. The molecular weight excluding hydrogens is 777 g/mol. The predicted octanol–water partition coefficient (Wildman–Crippen LogP) is 15.1. The number of carboxylic acids is 2. The minimum absolute atomic E-state index is 0.130. The van der Waals surface area contributed by atoms with Gasteiger partial charge in [0.25, 0.3) is 0 Å². The van der Waals surface area contributed by atoms with Crippen LogP contribution in [0.15, 0.2) is 107 Å². The summed E-state index contributed by atoms with van der Waals surface area (Å²) in [7, 11) is 0. The third-order valence-electron chi connectivity index (χ3n) is 13.1. The second-order valence-corrected chi connectivity index (χ2v) is 20.1. The molecule has 322 valence electrons. The van der Waals surface area contributed by atoms with Crippen molar-refractivity contribution in [2.45, 2.75) is 164 Å². The lowest BCUT2D eigenvalue weighted by atomic mass is 9.67. The number of aliphatic carboxylic acids is 2. The third-order valence-corrected chi connectivity index (χ3v) is 15.9. The van der Waals surface area contributed by atoms with Crippen LogP contribution in [0, 0.1) is 27.7 Å². The van der Waals surface area contributed by atoms with E-state index in [0.717, 1.165) is 43.6 Å². The lowest BCUT2D eigenvalue weighted by molar-refractivity contribution is -0.137. The highest BCUT2D eigenvalue weighted by atomic mass is 32.2. The summed E-state index contributed by atoms with van der Waals surface area (Å²) in [5.41, 5.74) is 11.6. The van der Waals surface area contributed by atoms with Gasteiger partial charge < -0.3 is 10.2 Å². The zero-order valence-corrected chi connectivity index (χ0v) is 38.9. The molecule has 4 aromatic carbocycles. The van der Waals surface area contributed by atoms with Crippen molar-refractivity contribution < 1.29 is 19.8 Å². The van der Waals surface area contributed by atoms with Crippen LogP contribution in [0.4, 0.5) is 0 Å². The van der Waals surface area contributed by atoms with E-state index in [-0.39, 0.29) is 17.3 Å². The largest absolute Gasteiger partial charge is 0.481 e. The average molecular weight is 847 g/mol. The molecule has 0 bridgehead atoms. The van der Waals surface area contributed by atoms with Gasteiger partial charge in [0.05, 0.1) is 6.42 Å². The van der Waals surface area contributed by atoms with Gasteiger partial charge in [0.2, 0.25) is 0 Å². The van der Waals surface area contributed by atoms with E-state index in [2.05, 4.69) is 126 Å². The first kappa shape index (κ1) is 47.3. The molecule has 0 radical (unpaired) electrons. The minimum atomic E-state index is -0.759. The number of carbonyl (C=O) groups is 2. The number of rotatable bonds is 19. The summed E-state index contributed by atoms with van der Waals surface area (Å²) >= 11 is 4.03. The maximum Gasteiger partial charge on any atom is 0.307 e. The van der Waals surface area contributed by atoms with Crippen molar-refractivity contribution in [1.29, 1.82) is 0 Å². The quantitative estimate of drug-likeness (QED) is 0.0723. The Labute approximate surface area is 370 Å². The molecule has 0 aliphatic carbocycles. The number of hydrogen-bond donors (Lipinski definition) is 2. The molecule has 0 aromatic heterocycles. The molecule has 0 spiro atoms. The molecule has 4 nitrogen and oxygen atoms in total. The van der Waals surface area contributed by atoms with E-state index in [4.69, 9.17) is 10.2 Å². The molecule has 0 amide bonds. The Hall–Kier alpha value is -3.74. The van der Waals surface area contributed by atoms with Gasteiger partial charge >= 0.3 is 11.9 Å². The van der Waals surface area contributed by atoms with Crippen molar-refractivity contribution >= 4 is 35.5 Å². The SMILES string of the molecule is Cc1ccc(C2(C)CSc3cc(C)ccc3C2CCCCCC=CCC(=O)O)cc1.Cc1ccc(C2(C)CSc3cc(C)ccc3C2CCCCCCCCC(=O)O)cc1. The van der Waals surface area contributed by atoms with Gasteiger partial charge in [-0.15, -0.1) is 23.5 Å². The Balaban J connectivity index is 0.000000228. The van der Waals surface area contributed by atoms with Crippen LogP contribution in [0.5, 0.6) is 0 Å². The lowest BCUT2D eigenvalue weighted by Crippen LogP contribution is -2.36. The van der Waals surface area contributed by atoms with Crippen LogP contribution < -0.4 is 0 Å². The maximum atomic E-state index is 10.6. The fourth-order valence-electron chi connectivity index (χ4n) is 9.26. The van der Waals surface area contributed by atoms with E-state index >= 15 is 0 Å². The summed E-state index contributed by atoms with van der Waals surface area (Å²) in [6, 6.07) is 32.3. The van der Waals surface area contributed by atoms with Crippen molar-refractivity contribution in [2.24, 2.45) is 0 Å². The molecule has 4 aromatic rings. The second-order valence-electron chi connectivity index (χ2n) is 18.1. The Morgan fingerprint density at radius 2 is 0.967 bits per heavy atom. The third kappa shape index (κ3) is 13.1. The number of allylic oxidation sites excluding steroid dienone is 1. The van der Waals surface area contributed by atoms with Crippen LogP contribution in [-0.4, -0.2) is 33.7 Å². The Morgan fingerprint density at radius 1 is 0.550 bits per heavy atom. The van der Waals surface area contributed by atoms with E-state index in [0.29, 0.717) is 18.3 Å². The first-order valence-electron chi connectivity index (χ1n) is 22.5. The summed E-state index contributed by atoms with van der Waals surface area (Å²) in [4.78, 5) is 24.1. The van der Waals surface area contributed by atoms with Gasteiger partial charge in [0.1, 0.15) is 0 Å². The molecule has 2 N–H and O–H groups in total. The van der Waals surface area contributed by atoms with Crippen LogP contribution in [-0.2, 0) is 20.4 Å². The van der Waals surface area contributed by atoms with Crippen LogP contribution in [0.2, 0.25) is 0 Å². The molecule has 2 heterocycles. The number of fused-ring (bicyclic) bond motifs is 2. The van der Waals surface area contributed by atoms with Gasteiger partial charge in [-0.3, -0.25) is 9.59 Å². The van der Waals surface area contributed by atoms with Crippen LogP contribution in [0.1, 0.15) is 160 Å². The fourth-order valence-corrected chi connectivity index (χ4v) is 12.2. The molecule has 2 aliphatic rings. The summed E-state index contributed by atoms with van der Waals surface area (Å²) in [6.07, 6.45) is 17.8. The molecule has 6 rings (SSSR count). The van der Waals surface area contributed by atoms with E-state index in [1.807, 2.05) is 29.6 Å². The van der Waals surface area contributed by atoms with E-state index in [1.165, 1.54) is 99.2 Å². The van der Waals surface area contributed by atoms with Crippen LogP contribution in [0.25, 0.3) is 0 Å². The van der Waals surface area contributed by atoms with Crippen molar-refractivity contribution in [2.75, 3.05) is 11.5 Å². The number of aryl methyl sites for hydroxylation is 4. The Bertz CT molecular complexity index is 2020. The van der Waals surface area contributed by atoms with E-state index in [1.54, 1.807) is 6.08 Å². The molecular formula is C54H70O4S2. The summed E-state index contributed by atoms with van der Waals surface area (Å²) in [5.74, 6) is 1.89. The maximum absolute atomic E-state index is 10.6. The fraction of sp³-hybridized carbons (Fsp3) is 0.481. The normalized spacial score (nSPS) is 20.8.